The fourth-order valence-corrected chi connectivity index (χ4v) is 1.33. The van der Waals surface area contributed by atoms with Crippen LogP contribution in [0.25, 0.3) is 6.08 Å². The van der Waals surface area contributed by atoms with E-state index in [0.29, 0.717) is 0 Å². The van der Waals surface area contributed by atoms with Gasteiger partial charge in [0.15, 0.2) is 0 Å². The quantitative estimate of drug-likeness (QED) is 0.657. The molecule has 1 amide bonds. The number of carbonyl (C=O) groups is 3. The molecule has 0 heterocycles. The number of amides is 1. The number of rotatable bonds is 6. The summed E-state index contributed by atoms with van der Waals surface area (Å²) in [5.41, 5.74) is 0.780. The third kappa shape index (κ3) is 5.49. The Morgan fingerprint density at radius 3 is 2.32 bits per heavy atom. The van der Waals surface area contributed by atoms with Crippen LogP contribution in [0.15, 0.2) is 36.4 Å². The first-order valence-corrected chi connectivity index (χ1v) is 5.47. The molecule has 6 nitrogen and oxygen atoms in total. The van der Waals surface area contributed by atoms with Crippen LogP contribution in [0, 0.1) is 0 Å². The lowest BCUT2D eigenvalue weighted by Crippen LogP contribution is -2.41. The second kappa shape index (κ2) is 6.95. The zero-order valence-corrected chi connectivity index (χ0v) is 9.95. The van der Waals surface area contributed by atoms with E-state index in [1.54, 1.807) is 24.3 Å². The lowest BCUT2D eigenvalue weighted by molar-refractivity contribution is -0.146. The summed E-state index contributed by atoms with van der Waals surface area (Å²) in [5.74, 6) is -3.33. The molecule has 0 bridgehead atoms. The van der Waals surface area contributed by atoms with Crippen LogP contribution in [0.2, 0.25) is 0 Å². The molecule has 1 rings (SSSR count). The molecule has 0 fully saturated rings. The Morgan fingerprint density at radius 2 is 1.79 bits per heavy atom. The summed E-state index contributed by atoms with van der Waals surface area (Å²) in [7, 11) is 0. The van der Waals surface area contributed by atoms with Crippen molar-refractivity contribution in [2.24, 2.45) is 0 Å². The summed E-state index contributed by atoms with van der Waals surface area (Å²) in [6, 6.07) is 7.52. The molecule has 0 aliphatic rings. The van der Waals surface area contributed by atoms with Crippen LogP contribution < -0.4 is 5.32 Å². The summed E-state index contributed by atoms with van der Waals surface area (Å²) in [6.07, 6.45) is 2.00. The van der Waals surface area contributed by atoms with E-state index in [4.69, 9.17) is 10.2 Å². The average Bonchev–Trinajstić information content (AvgIpc) is 2.36. The van der Waals surface area contributed by atoms with Gasteiger partial charge >= 0.3 is 11.9 Å². The van der Waals surface area contributed by atoms with Gasteiger partial charge in [-0.2, -0.15) is 0 Å². The summed E-state index contributed by atoms with van der Waals surface area (Å²) in [6.45, 7) is 0. The number of carboxylic acids is 2. The maximum atomic E-state index is 11.5. The predicted molar refractivity (Wildman–Crippen MR) is 67.3 cm³/mol. The highest BCUT2D eigenvalue weighted by atomic mass is 16.4. The largest absolute Gasteiger partial charge is 0.481 e. The maximum absolute atomic E-state index is 11.5. The molecule has 0 saturated carbocycles. The topological polar surface area (TPSA) is 104 Å². The van der Waals surface area contributed by atoms with Gasteiger partial charge in [-0.15, -0.1) is 0 Å². The van der Waals surface area contributed by atoms with Crippen molar-refractivity contribution in [2.45, 2.75) is 12.5 Å². The average molecular weight is 263 g/mol. The molecular weight excluding hydrogens is 250 g/mol. The first-order valence-electron chi connectivity index (χ1n) is 5.47. The molecule has 1 aromatic rings. The molecular formula is C13H13NO5. The van der Waals surface area contributed by atoms with Crippen molar-refractivity contribution in [1.82, 2.24) is 5.32 Å². The minimum absolute atomic E-state index is 0.655. The van der Waals surface area contributed by atoms with E-state index in [1.807, 2.05) is 6.07 Å². The van der Waals surface area contributed by atoms with Crippen LogP contribution >= 0.6 is 0 Å². The summed E-state index contributed by atoms with van der Waals surface area (Å²) in [4.78, 5) is 32.6. The van der Waals surface area contributed by atoms with E-state index in [-0.39, 0.29) is 0 Å². The van der Waals surface area contributed by atoms with Gasteiger partial charge in [0.25, 0.3) is 0 Å². The van der Waals surface area contributed by atoms with Gasteiger partial charge in [0.05, 0.1) is 6.42 Å². The van der Waals surface area contributed by atoms with Crippen LogP contribution in [0.3, 0.4) is 0 Å². The Hall–Kier alpha value is -2.63. The molecule has 0 aliphatic heterocycles. The van der Waals surface area contributed by atoms with Crippen LogP contribution in [-0.2, 0) is 14.4 Å². The van der Waals surface area contributed by atoms with E-state index in [9.17, 15) is 14.4 Å². The highest BCUT2D eigenvalue weighted by molar-refractivity contribution is 5.95. The van der Waals surface area contributed by atoms with Gasteiger partial charge in [0.2, 0.25) is 5.91 Å². The third-order valence-corrected chi connectivity index (χ3v) is 2.22. The number of nitrogens with one attached hydrogen (secondary N) is 1. The number of aliphatic carboxylic acids is 2. The molecule has 0 radical (unpaired) electrons. The Bertz CT molecular complexity index is 495. The number of carbonyl (C=O) groups excluding carboxylic acids is 1. The zero-order chi connectivity index (χ0) is 14.3. The first-order chi connectivity index (χ1) is 8.99. The monoisotopic (exact) mass is 263 g/mol. The van der Waals surface area contributed by atoms with E-state index in [0.717, 1.165) is 11.6 Å². The van der Waals surface area contributed by atoms with Gasteiger partial charge in [-0.05, 0) is 11.6 Å². The lowest BCUT2D eigenvalue weighted by Gasteiger charge is -2.10. The Labute approximate surface area is 109 Å². The standard InChI is InChI=1S/C13H13NO5/c15-11(7-6-9-4-2-1-3-5-9)14-10(13(18)19)8-12(16)17/h1-7,10H,8H2,(H,14,15)(H,16,17)(H,18,19)/t10-/m0/s1. The summed E-state index contributed by atoms with van der Waals surface area (Å²) >= 11 is 0. The molecule has 100 valence electrons. The highest BCUT2D eigenvalue weighted by Crippen LogP contribution is 2.01. The SMILES string of the molecule is O=C(O)C[C@H](NC(=O)C=Cc1ccccc1)C(=O)O. The van der Waals surface area contributed by atoms with Crippen LogP contribution in [0.5, 0.6) is 0 Å². The number of benzene rings is 1. The van der Waals surface area contributed by atoms with Crippen molar-refractivity contribution in [3.8, 4) is 0 Å². The van der Waals surface area contributed by atoms with Crippen molar-refractivity contribution in [2.75, 3.05) is 0 Å². The molecule has 1 atom stereocenters. The van der Waals surface area contributed by atoms with E-state index in [1.165, 1.54) is 6.08 Å². The molecule has 19 heavy (non-hydrogen) atoms. The summed E-state index contributed by atoms with van der Waals surface area (Å²) < 4.78 is 0. The number of hydrogen-bond acceptors (Lipinski definition) is 3. The van der Waals surface area contributed by atoms with Crippen molar-refractivity contribution >= 4 is 23.9 Å². The van der Waals surface area contributed by atoms with Gasteiger partial charge < -0.3 is 15.5 Å². The normalized spacial score (nSPS) is 12.0. The molecule has 0 saturated heterocycles. The smallest absolute Gasteiger partial charge is 0.326 e. The molecule has 0 aromatic heterocycles. The summed E-state index contributed by atoms with van der Waals surface area (Å²) in [5, 5.41) is 19.4. The van der Waals surface area contributed by atoms with Crippen molar-refractivity contribution < 1.29 is 24.6 Å². The van der Waals surface area contributed by atoms with Crippen LogP contribution in [0.4, 0.5) is 0 Å². The van der Waals surface area contributed by atoms with Crippen LogP contribution in [-0.4, -0.2) is 34.1 Å². The molecule has 0 spiro atoms. The van der Waals surface area contributed by atoms with Gasteiger partial charge in [0, 0.05) is 6.08 Å². The molecule has 1 aromatic carbocycles. The third-order valence-electron chi connectivity index (χ3n) is 2.22. The van der Waals surface area contributed by atoms with Crippen molar-refractivity contribution in [1.29, 1.82) is 0 Å². The molecule has 0 aliphatic carbocycles. The Morgan fingerprint density at radius 1 is 1.16 bits per heavy atom. The number of hydrogen-bond donors (Lipinski definition) is 3. The first kappa shape index (κ1) is 14.4. The minimum atomic E-state index is -1.44. The van der Waals surface area contributed by atoms with Gasteiger partial charge in [-0.3, -0.25) is 9.59 Å². The minimum Gasteiger partial charge on any atom is -0.481 e. The highest BCUT2D eigenvalue weighted by Gasteiger charge is 2.21. The van der Waals surface area contributed by atoms with E-state index < -0.39 is 30.3 Å². The Kier molecular flexibility index (Phi) is 5.28. The predicted octanol–water partition coefficient (Wildman–Crippen LogP) is 0.744. The van der Waals surface area contributed by atoms with Gasteiger partial charge in [-0.1, -0.05) is 30.3 Å². The fraction of sp³-hybridized carbons (Fsp3) is 0.154. The second-order valence-electron chi connectivity index (χ2n) is 3.74. The van der Waals surface area contributed by atoms with Crippen molar-refractivity contribution in [3.63, 3.8) is 0 Å². The van der Waals surface area contributed by atoms with Gasteiger partial charge in [-0.25, -0.2) is 4.79 Å². The van der Waals surface area contributed by atoms with Crippen molar-refractivity contribution in [3.05, 3.63) is 42.0 Å². The van der Waals surface area contributed by atoms with Crippen LogP contribution in [0.1, 0.15) is 12.0 Å². The lowest BCUT2D eigenvalue weighted by atomic mass is 10.2. The van der Waals surface area contributed by atoms with E-state index >= 15 is 0 Å². The molecule has 6 heteroatoms. The second-order valence-corrected chi connectivity index (χ2v) is 3.74. The fourth-order valence-electron chi connectivity index (χ4n) is 1.33. The maximum Gasteiger partial charge on any atom is 0.326 e. The Balaban J connectivity index is 2.60. The van der Waals surface area contributed by atoms with E-state index in [2.05, 4.69) is 5.32 Å². The number of carboxylic acid groups (broad SMARTS) is 2. The zero-order valence-electron chi connectivity index (χ0n) is 9.95. The molecule has 3 N–H and O–H groups in total. The molecule has 0 unspecified atom stereocenters. The van der Waals surface area contributed by atoms with Gasteiger partial charge in [0.1, 0.15) is 6.04 Å².